The number of hydrogen-bond acceptors (Lipinski definition) is 4. The molecule has 0 saturated carbocycles. The Morgan fingerprint density at radius 3 is 2.31 bits per heavy atom. The Hall–Kier alpha value is -3.47. The van der Waals surface area contributed by atoms with Crippen molar-refractivity contribution in [3.05, 3.63) is 82.9 Å². The molecule has 0 spiro atoms. The quantitative estimate of drug-likeness (QED) is 0.605. The molecular weight excluding hydrogens is 366 g/mol. The molecule has 3 aromatic rings. The van der Waals surface area contributed by atoms with E-state index in [4.69, 9.17) is 14.2 Å². The molecule has 5 heteroatoms. The Kier molecular flexibility index (Phi) is 6.39. The van der Waals surface area contributed by atoms with Crippen molar-refractivity contribution in [2.24, 2.45) is 0 Å². The first kappa shape index (κ1) is 20.3. The maximum absolute atomic E-state index is 12.7. The summed E-state index contributed by atoms with van der Waals surface area (Å²) >= 11 is 0. The second kappa shape index (κ2) is 9.15. The number of amides is 1. The van der Waals surface area contributed by atoms with Gasteiger partial charge in [0, 0.05) is 22.9 Å². The molecule has 0 radical (unpaired) electrons. The topological polar surface area (TPSA) is 56.8 Å². The molecule has 0 atom stereocenters. The van der Waals surface area contributed by atoms with Gasteiger partial charge in [-0.25, -0.2) is 0 Å². The van der Waals surface area contributed by atoms with Crippen molar-refractivity contribution in [1.82, 2.24) is 0 Å². The van der Waals surface area contributed by atoms with Crippen molar-refractivity contribution in [2.75, 3.05) is 19.5 Å². The number of anilines is 1. The Morgan fingerprint density at radius 2 is 1.62 bits per heavy atom. The molecule has 0 unspecified atom stereocenters. The summed E-state index contributed by atoms with van der Waals surface area (Å²) in [6.07, 6.45) is 0. The molecule has 29 heavy (non-hydrogen) atoms. The molecule has 3 rings (SSSR count). The number of carbonyl (C=O) groups excluding carboxylic acids is 1. The molecule has 150 valence electrons. The van der Waals surface area contributed by atoms with Gasteiger partial charge in [-0.05, 0) is 67.4 Å². The standard InChI is InChI=1S/C24H25NO4/c1-16-10-17(2)12-22(11-16)29-15-19-13-18(8-9-23(19)28-4)24(26)25-20-6-5-7-21(14-20)27-3/h5-14H,15H2,1-4H3,(H,25,26). The minimum atomic E-state index is -0.214. The number of carbonyl (C=O) groups is 1. The summed E-state index contributed by atoms with van der Waals surface area (Å²) in [5.74, 6) is 1.93. The maximum atomic E-state index is 12.7. The first-order valence-electron chi connectivity index (χ1n) is 9.32. The second-order valence-corrected chi connectivity index (χ2v) is 6.82. The van der Waals surface area contributed by atoms with Crippen LogP contribution in [-0.2, 0) is 6.61 Å². The van der Waals surface area contributed by atoms with Gasteiger partial charge >= 0.3 is 0 Å². The Bertz CT molecular complexity index is 993. The van der Waals surface area contributed by atoms with E-state index in [2.05, 4.69) is 11.4 Å². The van der Waals surface area contributed by atoms with Crippen molar-refractivity contribution in [3.63, 3.8) is 0 Å². The summed E-state index contributed by atoms with van der Waals surface area (Å²) in [7, 11) is 3.19. The minimum Gasteiger partial charge on any atom is -0.497 e. The highest BCUT2D eigenvalue weighted by molar-refractivity contribution is 6.04. The SMILES string of the molecule is COc1cccc(NC(=O)c2ccc(OC)c(COc3cc(C)cc(C)c3)c2)c1. The van der Waals surface area contributed by atoms with Crippen LogP contribution < -0.4 is 19.5 Å². The van der Waals surface area contributed by atoms with Gasteiger partial charge in [0.15, 0.2) is 0 Å². The van der Waals surface area contributed by atoms with Gasteiger partial charge in [0.2, 0.25) is 0 Å². The number of methoxy groups -OCH3 is 2. The van der Waals surface area contributed by atoms with E-state index in [1.807, 2.05) is 44.2 Å². The van der Waals surface area contributed by atoms with E-state index >= 15 is 0 Å². The molecule has 0 fully saturated rings. The van der Waals surface area contributed by atoms with E-state index in [1.54, 1.807) is 38.5 Å². The van der Waals surface area contributed by atoms with Gasteiger partial charge < -0.3 is 19.5 Å². The third-order valence-electron chi connectivity index (χ3n) is 4.46. The lowest BCUT2D eigenvalue weighted by Crippen LogP contribution is -2.13. The van der Waals surface area contributed by atoms with Crippen LogP contribution in [0.25, 0.3) is 0 Å². The molecule has 0 aliphatic heterocycles. The first-order valence-corrected chi connectivity index (χ1v) is 9.32. The summed E-state index contributed by atoms with van der Waals surface area (Å²) in [5, 5.41) is 2.89. The third-order valence-corrected chi connectivity index (χ3v) is 4.46. The lowest BCUT2D eigenvalue weighted by Gasteiger charge is -2.13. The second-order valence-electron chi connectivity index (χ2n) is 6.82. The van der Waals surface area contributed by atoms with Gasteiger partial charge in [-0.1, -0.05) is 12.1 Å². The van der Waals surface area contributed by atoms with Gasteiger partial charge in [-0.15, -0.1) is 0 Å². The zero-order valence-electron chi connectivity index (χ0n) is 17.1. The molecule has 0 aliphatic rings. The van der Waals surface area contributed by atoms with Gasteiger partial charge in [0.1, 0.15) is 23.9 Å². The minimum absolute atomic E-state index is 0.214. The molecular formula is C24H25NO4. The van der Waals surface area contributed by atoms with E-state index in [0.29, 0.717) is 29.4 Å². The lowest BCUT2D eigenvalue weighted by atomic mass is 10.1. The molecule has 0 aromatic heterocycles. The molecule has 5 nitrogen and oxygen atoms in total. The van der Waals surface area contributed by atoms with Crippen molar-refractivity contribution in [3.8, 4) is 17.2 Å². The number of aryl methyl sites for hydroxylation is 2. The van der Waals surface area contributed by atoms with Crippen LogP contribution in [0.5, 0.6) is 17.2 Å². The molecule has 1 amide bonds. The fourth-order valence-electron chi connectivity index (χ4n) is 3.11. The van der Waals surface area contributed by atoms with E-state index in [0.717, 1.165) is 22.4 Å². The van der Waals surface area contributed by atoms with Gasteiger partial charge in [0.05, 0.1) is 14.2 Å². The van der Waals surface area contributed by atoms with Crippen LogP contribution in [0, 0.1) is 13.8 Å². The van der Waals surface area contributed by atoms with E-state index in [1.165, 1.54) is 0 Å². The number of nitrogens with one attached hydrogen (secondary N) is 1. The average Bonchev–Trinajstić information content (AvgIpc) is 2.71. The fourth-order valence-corrected chi connectivity index (χ4v) is 3.11. The van der Waals surface area contributed by atoms with E-state index in [-0.39, 0.29) is 5.91 Å². The molecule has 0 aliphatic carbocycles. The number of rotatable bonds is 7. The summed E-state index contributed by atoms with van der Waals surface area (Å²) in [6, 6.07) is 18.6. The predicted octanol–water partition coefficient (Wildman–Crippen LogP) is 5.15. The monoisotopic (exact) mass is 391 g/mol. The molecule has 1 N–H and O–H groups in total. The van der Waals surface area contributed by atoms with Gasteiger partial charge in [-0.2, -0.15) is 0 Å². The normalized spacial score (nSPS) is 10.3. The molecule has 0 bridgehead atoms. The Labute approximate surface area is 171 Å². The molecule has 0 heterocycles. The van der Waals surface area contributed by atoms with Crippen LogP contribution in [-0.4, -0.2) is 20.1 Å². The zero-order chi connectivity index (χ0) is 20.8. The van der Waals surface area contributed by atoms with Crippen LogP contribution in [0.2, 0.25) is 0 Å². The first-order chi connectivity index (χ1) is 14.0. The highest BCUT2D eigenvalue weighted by Gasteiger charge is 2.12. The summed E-state index contributed by atoms with van der Waals surface area (Å²) in [5.41, 5.74) is 4.26. The smallest absolute Gasteiger partial charge is 0.255 e. The highest BCUT2D eigenvalue weighted by atomic mass is 16.5. The highest BCUT2D eigenvalue weighted by Crippen LogP contribution is 2.24. The van der Waals surface area contributed by atoms with Crippen LogP contribution in [0.15, 0.2) is 60.7 Å². The summed E-state index contributed by atoms with van der Waals surface area (Å²) in [6.45, 7) is 4.36. The third kappa shape index (κ3) is 5.29. The summed E-state index contributed by atoms with van der Waals surface area (Å²) in [4.78, 5) is 12.7. The van der Waals surface area contributed by atoms with Crippen LogP contribution in [0.3, 0.4) is 0 Å². The fraction of sp³-hybridized carbons (Fsp3) is 0.208. The lowest BCUT2D eigenvalue weighted by molar-refractivity contribution is 0.102. The largest absolute Gasteiger partial charge is 0.497 e. The Balaban J connectivity index is 1.77. The van der Waals surface area contributed by atoms with Crippen molar-refractivity contribution in [2.45, 2.75) is 20.5 Å². The predicted molar refractivity (Wildman–Crippen MR) is 114 cm³/mol. The number of benzene rings is 3. The van der Waals surface area contributed by atoms with Gasteiger partial charge in [-0.3, -0.25) is 4.79 Å². The zero-order valence-corrected chi connectivity index (χ0v) is 17.1. The average molecular weight is 391 g/mol. The summed E-state index contributed by atoms with van der Waals surface area (Å²) < 4.78 is 16.6. The van der Waals surface area contributed by atoms with Crippen LogP contribution >= 0.6 is 0 Å². The Morgan fingerprint density at radius 1 is 0.862 bits per heavy atom. The van der Waals surface area contributed by atoms with E-state index in [9.17, 15) is 4.79 Å². The number of ether oxygens (including phenoxy) is 3. The maximum Gasteiger partial charge on any atom is 0.255 e. The van der Waals surface area contributed by atoms with E-state index < -0.39 is 0 Å². The van der Waals surface area contributed by atoms with Crippen molar-refractivity contribution < 1.29 is 19.0 Å². The molecule has 0 saturated heterocycles. The molecule has 3 aromatic carbocycles. The van der Waals surface area contributed by atoms with Crippen LogP contribution in [0.4, 0.5) is 5.69 Å². The number of hydrogen-bond donors (Lipinski definition) is 1. The van der Waals surface area contributed by atoms with Crippen molar-refractivity contribution >= 4 is 11.6 Å². The van der Waals surface area contributed by atoms with Gasteiger partial charge in [0.25, 0.3) is 5.91 Å². The van der Waals surface area contributed by atoms with Crippen LogP contribution in [0.1, 0.15) is 27.0 Å². The van der Waals surface area contributed by atoms with Crippen molar-refractivity contribution in [1.29, 1.82) is 0 Å².